The molecule has 0 aliphatic rings. The molecule has 0 bridgehead atoms. The summed E-state index contributed by atoms with van der Waals surface area (Å²) in [5.41, 5.74) is 1.73. The molecule has 6 nitrogen and oxygen atoms in total. The maximum Gasteiger partial charge on any atom is 0.695 e. The molecule has 1 unspecified atom stereocenters. The van der Waals surface area contributed by atoms with Gasteiger partial charge in [-0.25, -0.2) is 0 Å². The minimum Gasteiger partial charge on any atom is -0.507 e. The molecule has 0 spiro atoms. The Balaban J connectivity index is 0.00000206. The van der Waals surface area contributed by atoms with Gasteiger partial charge in [-0.15, -0.1) is 9.42 Å². The van der Waals surface area contributed by atoms with Gasteiger partial charge in [-0.2, -0.15) is 0 Å². The molecule has 0 heterocycles. The summed E-state index contributed by atoms with van der Waals surface area (Å²) in [5.74, 6) is -0.748. The first-order valence-corrected chi connectivity index (χ1v) is 11.7. The van der Waals surface area contributed by atoms with Crippen LogP contribution in [0.3, 0.4) is 0 Å². The minimum atomic E-state index is -2.86. The van der Waals surface area contributed by atoms with E-state index in [1.54, 1.807) is 6.08 Å². The maximum atomic E-state index is 12.0. The van der Waals surface area contributed by atoms with Crippen LogP contribution in [0.15, 0.2) is 18.2 Å². The van der Waals surface area contributed by atoms with Crippen LogP contribution in [0.2, 0.25) is 0 Å². The molecule has 1 aromatic carbocycles. The van der Waals surface area contributed by atoms with Crippen molar-refractivity contribution in [2.45, 2.75) is 85.5 Å². The highest BCUT2D eigenvalue weighted by molar-refractivity contribution is 7.32. The van der Waals surface area contributed by atoms with E-state index in [-0.39, 0.29) is 16.6 Å². The highest BCUT2D eigenvalue weighted by atomic mass is 31.1. The lowest BCUT2D eigenvalue weighted by Crippen LogP contribution is -2.17. The van der Waals surface area contributed by atoms with Gasteiger partial charge in [-0.05, 0) is 34.6 Å². The highest BCUT2D eigenvalue weighted by Gasteiger charge is 2.26. The standard InChI is InChI=1S/C20H27O6P.C4H10/c1-19(2,3)16-9-13(10-17(18(16)23)20(4,5)6)7-8-14(21)11-15(22)12-26-27(24)25;1-3-4-2/h7-10H,11-12H2,1-6H3,(H-,21,23,24,25);3-4H2,1-2H3/p+1. The molecule has 0 aromatic heterocycles. The summed E-state index contributed by atoms with van der Waals surface area (Å²) in [7, 11) is -2.86. The number of phenols is 1. The Hall–Kier alpha value is -1.88. The average molecular weight is 454 g/mol. The van der Waals surface area contributed by atoms with Crippen molar-refractivity contribution in [3.05, 3.63) is 34.9 Å². The van der Waals surface area contributed by atoms with Crippen molar-refractivity contribution >= 4 is 25.9 Å². The zero-order valence-corrected chi connectivity index (χ0v) is 21.0. The van der Waals surface area contributed by atoms with Gasteiger partial charge in [0.1, 0.15) is 5.75 Å². The number of allylic oxidation sites excluding steroid dienone is 1. The van der Waals surface area contributed by atoms with E-state index in [2.05, 4.69) is 18.4 Å². The predicted molar refractivity (Wildman–Crippen MR) is 126 cm³/mol. The van der Waals surface area contributed by atoms with E-state index in [0.29, 0.717) is 0 Å². The molecule has 2 N–H and O–H groups in total. The molecule has 0 radical (unpaired) electrons. The van der Waals surface area contributed by atoms with Crippen molar-refractivity contribution in [3.63, 3.8) is 0 Å². The summed E-state index contributed by atoms with van der Waals surface area (Å²) in [6, 6.07) is 3.66. The smallest absolute Gasteiger partial charge is 0.507 e. The third-order valence-electron chi connectivity index (χ3n) is 4.42. The maximum absolute atomic E-state index is 12.0. The second-order valence-corrected chi connectivity index (χ2v) is 10.2. The fraction of sp³-hybridized carbons (Fsp3) is 0.583. The van der Waals surface area contributed by atoms with Crippen LogP contribution in [-0.2, 0) is 29.5 Å². The van der Waals surface area contributed by atoms with E-state index >= 15 is 0 Å². The first-order chi connectivity index (χ1) is 14.1. The molecule has 0 amide bonds. The van der Waals surface area contributed by atoms with Gasteiger partial charge in [0.25, 0.3) is 0 Å². The number of aromatic hydroxyl groups is 1. The molecule has 0 fully saturated rings. The fourth-order valence-electron chi connectivity index (χ4n) is 2.52. The second-order valence-electron chi connectivity index (χ2n) is 9.49. The van der Waals surface area contributed by atoms with Crippen LogP contribution >= 0.6 is 8.25 Å². The average Bonchev–Trinajstić information content (AvgIpc) is 2.63. The van der Waals surface area contributed by atoms with Crippen LogP contribution < -0.4 is 0 Å². The van der Waals surface area contributed by atoms with Crippen LogP contribution in [-0.4, -0.2) is 28.2 Å². The lowest BCUT2D eigenvalue weighted by molar-refractivity contribution is -0.126. The molecule has 1 aromatic rings. The van der Waals surface area contributed by atoms with Gasteiger partial charge in [0.15, 0.2) is 18.2 Å². The quantitative estimate of drug-likeness (QED) is 0.284. The number of unbranched alkanes of at least 4 members (excludes halogenated alkanes) is 1. The molecule has 0 saturated carbocycles. The molecule has 0 saturated heterocycles. The molecule has 1 atom stereocenters. The van der Waals surface area contributed by atoms with Gasteiger partial charge < -0.3 is 5.11 Å². The Morgan fingerprint density at radius 1 is 1.00 bits per heavy atom. The Bertz CT molecular complexity index is 760. The minimum absolute atomic E-state index is 0.254. The predicted octanol–water partition coefficient (Wildman–Crippen LogP) is 6.00. The summed E-state index contributed by atoms with van der Waals surface area (Å²) < 4.78 is 14.7. The van der Waals surface area contributed by atoms with Gasteiger partial charge in [-0.3, -0.25) is 9.59 Å². The second kappa shape index (κ2) is 12.8. The Kier molecular flexibility index (Phi) is 12.1. The van der Waals surface area contributed by atoms with E-state index < -0.39 is 32.8 Å². The number of phenolic OH excluding ortho intramolecular Hbond substituents is 1. The molecule has 31 heavy (non-hydrogen) atoms. The van der Waals surface area contributed by atoms with Crippen LogP contribution in [0.25, 0.3) is 6.08 Å². The summed E-state index contributed by atoms with van der Waals surface area (Å²) in [6.45, 7) is 15.8. The largest absolute Gasteiger partial charge is 0.695 e. The summed E-state index contributed by atoms with van der Waals surface area (Å²) in [4.78, 5) is 32.0. The monoisotopic (exact) mass is 453 g/mol. The number of rotatable bonds is 8. The number of carbonyl (C=O) groups is 2. The topological polar surface area (TPSA) is 101 Å². The van der Waals surface area contributed by atoms with Crippen molar-refractivity contribution < 1.29 is 28.7 Å². The third kappa shape index (κ3) is 11.3. The third-order valence-corrected chi connectivity index (χ3v) is 4.77. The van der Waals surface area contributed by atoms with Gasteiger partial charge in [-0.1, -0.05) is 74.3 Å². The van der Waals surface area contributed by atoms with Crippen molar-refractivity contribution in [1.29, 1.82) is 0 Å². The summed E-state index contributed by atoms with van der Waals surface area (Å²) in [6.07, 6.45) is 5.13. The van der Waals surface area contributed by atoms with Crippen molar-refractivity contribution in [1.82, 2.24) is 0 Å². The van der Waals surface area contributed by atoms with E-state index in [1.165, 1.54) is 18.9 Å². The number of hydrogen-bond donors (Lipinski definition) is 2. The summed E-state index contributed by atoms with van der Waals surface area (Å²) >= 11 is 0. The Morgan fingerprint density at radius 3 is 1.81 bits per heavy atom. The number of Topliss-reactive ketones (excluding diaryl/α,β-unsaturated/α-hetero) is 1. The zero-order valence-electron chi connectivity index (χ0n) is 20.1. The molecule has 174 valence electrons. The SMILES string of the molecule is CC(C)(C)c1cc(/C=C/C(=O)CC(=O)CO[P+](=O)O)cc(C(C)(C)C)c1O.CCCC. The van der Waals surface area contributed by atoms with E-state index in [0.717, 1.165) is 16.7 Å². The zero-order chi connectivity index (χ0) is 24.4. The van der Waals surface area contributed by atoms with Crippen molar-refractivity contribution in [2.75, 3.05) is 6.61 Å². The van der Waals surface area contributed by atoms with Gasteiger partial charge >= 0.3 is 8.25 Å². The number of ketones is 2. The van der Waals surface area contributed by atoms with Crippen molar-refractivity contribution in [3.8, 4) is 5.75 Å². The van der Waals surface area contributed by atoms with Crippen LogP contribution in [0.5, 0.6) is 5.75 Å². The van der Waals surface area contributed by atoms with Gasteiger partial charge in [0.2, 0.25) is 0 Å². The fourth-order valence-corrected chi connectivity index (χ4v) is 2.77. The number of carbonyl (C=O) groups excluding carboxylic acids is 2. The first-order valence-electron chi connectivity index (χ1n) is 10.5. The number of hydrogen-bond acceptors (Lipinski definition) is 5. The Labute approximate surface area is 187 Å². The molecular weight excluding hydrogens is 415 g/mol. The van der Waals surface area contributed by atoms with Gasteiger partial charge in [0, 0.05) is 15.7 Å². The lowest BCUT2D eigenvalue weighted by atomic mass is 9.78. The highest BCUT2D eigenvalue weighted by Crippen LogP contribution is 2.40. The van der Waals surface area contributed by atoms with Crippen molar-refractivity contribution in [2.24, 2.45) is 0 Å². The van der Waals surface area contributed by atoms with E-state index in [1.807, 2.05) is 53.7 Å². The van der Waals surface area contributed by atoms with E-state index in [4.69, 9.17) is 4.89 Å². The van der Waals surface area contributed by atoms with Crippen LogP contribution in [0, 0.1) is 0 Å². The molecule has 7 heteroatoms. The first kappa shape index (κ1) is 29.1. The molecule has 0 aliphatic heterocycles. The van der Waals surface area contributed by atoms with Crippen LogP contribution in [0.1, 0.15) is 91.3 Å². The normalized spacial score (nSPS) is 12.4. The molecular formula is C24H38O6P+. The Morgan fingerprint density at radius 2 is 1.45 bits per heavy atom. The van der Waals surface area contributed by atoms with Crippen LogP contribution in [0.4, 0.5) is 0 Å². The van der Waals surface area contributed by atoms with Gasteiger partial charge in [0.05, 0.1) is 6.42 Å². The van der Waals surface area contributed by atoms with E-state index in [9.17, 15) is 19.3 Å². The molecule has 1 rings (SSSR count). The molecule has 0 aliphatic carbocycles. The lowest BCUT2D eigenvalue weighted by Gasteiger charge is -2.27. The summed E-state index contributed by atoms with van der Waals surface area (Å²) in [5, 5.41) is 10.7. The number of benzene rings is 1.